The Morgan fingerprint density at radius 1 is 0.196 bits per heavy atom. The van der Waals surface area contributed by atoms with Crippen LogP contribution in [0.1, 0.15) is 0 Å². The maximum atomic E-state index is 2.45. The van der Waals surface area contributed by atoms with Crippen molar-refractivity contribution in [1.82, 2.24) is 9.13 Å². The summed E-state index contributed by atoms with van der Waals surface area (Å²) in [5, 5.41) is 13.2. The number of benzene rings is 14. The lowest BCUT2D eigenvalue weighted by Gasteiger charge is -2.13. The molecule has 92 heavy (non-hydrogen) atoms. The fourth-order valence-corrected chi connectivity index (χ4v) is 19.9. The molecule has 20 rings (SSSR count). The van der Waals surface area contributed by atoms with Gasteiger partial charge in [-0.15, -0.1) is 45.3 Å². The molecule has 20 aromatic rings. The van der Waals surface area contributed by atoms with Crippen LogP contribution in [0.3, 0.4) is 0 Å². The topological polar surface area (TPSA) is 9.86 Å². The second-order valence-corrected chi connectivity index (χ2v) is 27.8. The molecule has 0 radical (unpaired) electrons. The molecule has 0 saturated carbocycles. The molecule has 6 heteroatoms. The van der Waals surface area contributed by atoms with E-state index < -0.39 is 0 Å². The first kappa shape index (κ1) is 53.2. The molecule has 0 atom stereocenters. The van der Waals surface area contributed by atoms with Crippen LogP contribution >= 0.6 is 45.3 Å². The zero-order chi connectivity index (χ0) is 60.4. The van der Waals surface area contributed by atoms with Crippen LogP contribution in [0.2, 0.25) is 0 Å². The number of para-hydroxylation sites is 4. The van der Waals surface area contributed by atoms with E-state index in [1.165, 1.54) is 181 Å². The first-order valence-electron chi connectivity index (χ1n) is 31.2. The maximum absolute atomic E-state index is 2.45. The number of nitrogens with zero attached hydrogens (tertiary/aromatic N) is 2. The predicted octanol–water partition coefficient (Wildman–Crippen LogP) is 26.2. The Kier molecular flexibility index (Phi) is 12.4. The molecular weight excluding hydrogens is 1190 g/mol. The van der Waals surface area contributed by atoms with Gasteiger partial charge in [-0.25, -0.2) is 0 Å². The van der Waals surface area contributed by atoms with Gasteiger partial charge in [0.1, 0.15) is 0 Å². The summed E-state index contributed by atoms with van der Waals surface area (Å²) >= 11 is 7.65. The minimum absolute atomic E-state index is 1.19. The van der Waals surface area contributed by atoms with Gasteiger partial charge >= 0.3 is 0 Å². The molecule has 14 aromatic carbocycles. The molecule has 0 saturated heterocycles. The molecule has 0 aliphatic heterocycles. The highest BCUT2D eigenvalue weighted by molar-refractivity contribution is 7.28. The molecule has 0 aliphatic rings. The van der Waals surface area contributed by atoms with Gasteiger partial charge in [0.2, 0.25) is 0 Å². The summed E-state index contributed by atoms with van der Waals surface area (Å²) < 4.78 is 15.6. The zero-order valence-electron chi connectivity index (χ0n) is 49.5. The van der Waals surface area contributed by atoms with Crippen LogP contribution < -0.4 is 0 Å². The second kappa shape index (κ2) is 21.5. The van der Waals surface area contributed by atoms with Crippen molar-refractivity contribution in [2.75, 3.05) is 0 Å². The summed E-state index contributed by atoms with van der Waals surface area (Å²) in [4.78, 5) is 0. The van der Waals surface area contributed by atoms with Crippen molar-refractivity contribution in [3.63, 3.8) is 0 Å². The van der Waals surface area contributed by atoms with Crippen molar-refractivity contribution in [2.24, 2.45) is 0 Å². The third-order valence-electron chi connectivity index (χ3n) is 18.6. The lowest BCUT2D eigenvalue weighted by atomic mass is 9.91. The monoisotopic (exact) mass is 1240 g/mol. The Morgan fingerprint density at radius 2 is 0.554 bits per heavy atom. The molecule has 0 fully saturated rings. The predicted molar refractivity (Wildman–Crippen MR) is 403 cm³/mol. The van der Waals surface area contributed by atoms with E-state index in [2.05, 4.69) is 325 Å². The van der Waals surface area contributed by atoms with Crippen molar-refractivity contribution >= 4 is 159 Å². The van der Waals surface area contributed by atoms with Gasteiger partial charge in [0.15, 0.2) is 0 Å². The molecule has 0 N–H and O–H groups in total. The molecule has 0 aliphatic carbocycles. The van der Waals surface area contributed by atoms with Crippen molar-refractivity contribution in [3.8, 4) is 67.0 Å². The normalized spacial score (nSPS) is 11.9. The smallest absolute Gasteiger partial charge is 0.0727 e. The molecule has 0 unspecified atom stereocenters. The summed E-state index contributed by atoms with van der Waals surface area (Å²) in [5.74, 6) is 0. The van der Waals surface area contributed by atoms with E-state index in [-0.39, 0.29) is 0 Å². The summed E-state index contributed by atoms with van der Waals surface area (Å²) in [6.45, 7) is 0. The lowest BCUT2D eigenvalue weighted by molar-refractivity contribution is 1.19. The van der Waals surface area contributed by atoms with Gasteiger partial charge in [-0.3, -0.25) is 0 Å². The highest BCUT2D eigenvalue weighted by Crippen LogP contribution is 2.52. The standard InChI is InChI=1S/C44H27NS2.C42H25NS2/c1-3-14-28(15-4-1)30-21-11-24-36-40-33(22-13-27-39(40)46-42(30)36)31-18-7-8-19-32(31)34-23-12-25-37-41-44(47-43(34)37)35-20-9-10-26-38(35)45(41)29-16-5-2-6-17-29;1-2-13-27(14-3-1)43-36-22-9-8-18-33(36)42-39(43)35-21-10-20-32(41(35)45-42)30-17-7-6-16-29(30)31-19-11-23-37-38(31)34-25-24-26-12-4-5-15-28(26)40(34)44-37/h1-27H;1-25H. The molecule has 0 spiro atoms. The van der Waals surface area contributed by atoms with Crippen molar-refractivity contribution in [3.05, 3.63) is 315 Å². The van der Waals surface area contributed by atoms with Crippen LogP contribution in [0.4, 0.5) is 0 Å². The maximum Gasteiger partial charge on any atom is 0.0727 e. The van der Waals surface area contributed by atoms with Gasteiger partial charge in [-0.1, -0.05) is 267 Å². The molecule has 6 heterocycles. The van der Waals surface area contributed by atoms with Crippen LogP contribution in [0.5, 0.6) is 0 Å². The molecule has 6 aromatic heterocycles. The second-order valence-electron chi connectivity index (χ2n) is 23.7. The van der Waals surface area contributed by atoms with Gasteiger partial charge < -0.3 is 9.13 Å². The first-order chi connectivity index (χ1) is 45.7. The Balaban J connectivity index is 0.000000132. The fourth-order valence-electron chi connectivity index (χ4n) is 14.7. The van der Waals surface area contributed by atoms with E-state index in [0.717, 1.165) is 0 Å². The number of hydrogen-bond donors (Lipinski definition) is 0. The van der Waals surface area contributed by atoms with Crippen LogP contribution in [0.25, 0.3) is 181 Å². The Bertz CT molecular complexity index is 6310. The van der Waals surface area contributed by atoms with Gasteiger partial charge in [0.25, 0.3) is 0 Å². The van der Waals surface area contributed by atoms with E-state index in [0.29, 0.717) is 0 Å². The Labute approximate surface area is 546 Å². The number of thiophene rings is 4. The van der Waals surface area contributed by atoms with Gasteiger partial charge in [0, 0.05) is 93.8 Å². The van der Waals surface area contributed by atoms with E-state index in [9.17, 15) is 0 Å². The summed E-state index contributed by atoms with van der Waals surface area (Å²) in [7, 11) is 0. The average molecular weight is 1240 g/mol. The van der Waals surface area contributed by atoms with E-state index in [1.807, 2.05) is 45.3 Å². The highest BCUT2D eigenvalue weighted by Gasteiger charge is 2.25. The molecule has 430 valence electrons. The third kappa shape index (κ3) is 8.21. The minimum Gasteiger partial charge on any atom is -0.308 e. The van der Waals surface area contributed by atoms with Crippen LogP contribution in [0, 0.1) is 0 Å². The van der Waals surface area contributed by atoms with Gasteiger partial charge in [-0.2, -0.15) is 0 Å². The Morgan fingerprint density at radius 3 is 1.09 bits per heavy atom. The van der Waals surface area contributed by atoms with Crippen molar-refractivity contribution in [1.29, 1.82) is 0 Å². The highest BCUT2D eigenvalue weighted by atomic mass is 32.1. The molecule has 0 amide bonds. The van der Waals surface area contributed by atoms with Gasteiger partial charge in [0.05, 0.1) is 31.5 Å². The summed E-state index contributed by atoms with van der Waals surface area (Å²) in [5.41, 5.74) is 20.2. The zero-order valence-corrected chi connectivity index (χ0v) is 52.8. The van der Waals surface area contributed by atoms with Gasteiger partial charge in [-0.05, 0) is 104 Å². The fraction of sp³-hybridized carbons (Fsp3) is 0. The van der Waals surface area contributed by atoms with E-state index in [1.54, 1.807) is 0 Å². The Hall–Kier alpha value is -10.7. The van der Waals surface area contributed by atoms with Crippen LogP contribution in [-0.2, 0) is 0 Å². The minimum atomic E-state index is 1.19. The number of rotatable bonds is 7. The summed E-state index contributed by atoms with van der Waals surface area (Å²) in [6.07, 6.45) is 0. The molecular formula is C86H52N2S4. The van der Waals surface area contributed by atoms with Crippen molar-refractivity contribution in [2.45, 2.75) is 0 Å². The van der Waals surface area contributed by atoms with E-state index in [4.69, 9.17) is 0 Å². The van der Waals surface area contributed by atoms with E-state index >= 15 is 0 Å². The third-order valence-corrected chi connectivity index (χ3v) is 23.6. The number of aromatic nitrogens is 2. The van der Waals surface area contributed by atoms with Crippen molar-refractivity contribution < 1.29 is 0 Å². The quantitative estimate of drug-likeness (QED) is 0.151. The number of hydrogen-bond acceptors (Lipinski definition) is 4. The SMILES string of the molecule is c1ccc(-c2cccc3c2sc2cccc(-c4ccccc4-c4cccc5c4sc4c6ccccc6n(-c6ccccc6)c54)c23)cc1.c1ccc(-n2c3ccccc3c3sc4c(-c5ccccc5-c5cccc6sc7c8ccccc8ccc7c56)cccc4c32)cc1. The molecule has 0 bridgehead atoms. The largest absolute Gasteiger partial charge is 0.308 e. The van der Waals surface area contributed by atoms with Crippen LogP contribution in [0.15, 0.2) is 315 Å². The summed E-state index contributed by atoms with van der Waals surface area (Å²) in [6, 6.07) is 115. The van der Waals surface area contributed by atoms with Crippen LogP contribution in [-0.4, -0.2) is 9.13 Å². The molecule has 2 nitrogen and oxygen atoms in total. The number of fused-ring (bicyclic) bond motifs is 18. The first-order valence-corrected chi connectivity index (χ1v) is 34.5. The lowest BCUT2D eigenvalue weighted by Crippen LogP contribution is -1.93. The average Bonchev–Trinajstić information content (AvgIpc) is 1.58.